The largest absolute Gasteiger partial charge is 0.451 e. The summed E-state index contributed by atoms with van der Waals surface area (Å²) in [5.41, 5.74) is 1.67. The van der Waals surface area contributed by atoms with Crippen molar-refractivity contribution >= 4 is 17.7 Å². The third kappa shape index (κ3) is 3.75. The lowest BCUT2D eigenvalue weighted by Crippen LogP contribution is -2.36. The number of esters is 1. The fourth-order valence-electron chi connectivity index (χ4n) is 2.96. The minimum Gasteiger partial charge on any atom is -0.451 e. The molecule has 0 bridgehead atoms. The number of Topliss-reactive ketones (excluding diaryl/α,β-unsaturated/α-hetero) is 1. The van der Waals surface area contributed by atoms with Gasteiger partial charge in [0, 0.05) is 23.5 Å². The smallest absolute Gasteiger partial charge is 0.355 e. The standard InChI is InChI=1S/C18H22N2O4/c1-12(21)13-9-16(19-10-13)18(23)24-11-17(22)20(15-7-8-15)14-5-3-2-4-6-14/h5,9-10,15,19H,2-4,6-8,11H2,1H3. The van der Waals surface area contributed by atoms with Gasteiger partial charge in [-0.15, -0.1) is 0 Å². The van der Waals surface area contributed by atoms with Crippen LogP contribution in [0.15, 0.2) is 24.0 Å². The second-order valence-electron chi connectivity index (χ2n) is 6.37. The van der Waals surface area contributed by atoms with Crippen molar-refractivity contribution in [2.24, 2.45) is 0 Å². The predicted molar refractivity (Wildman–Crippen MR) is 87.5 cm³/mol. The first-order chi connectivity index (χ1) is 11.6. The molecule has 3 rings (SSSR count). The van der Waals surface area contributed by atoms with E-state index in [9.17, 15) is 14.4 Å². The average molecular weight is 330 g/mol. The molecule has 1 aromatic rings. The normalized spacial score (nSPS) is 17.1. The van der Waals surface area contributed by atoms with Gasteiger partial charge in [-0.05, 0) is 51.5 Å². The van der Waals surface area contributed by atoms with Crippen LogP contribution in [0.1, 0.15) is 66.3 Å². The van der Waals surface area contributed by atoms with Gasteiger partial charge in [-0.1, -0.05) is 6.08 Å². The highest BCUT2D eigenvalue weighted by Gasteiger charge is 2.35. The van der Waals surface area contributed by atoms with Crippen molar-refractivity contribution in [1.29, 1.82) is 0 Å². The Morgan fingerprint density at radius 3 is 2.67 bits per heavy atom. The first-order valence-electron chi connectivity index (χ1n) is 8.44. The molecule has 6 heteroatoms. The van der Waals surface area contributed by atoms with Crippen LogP contribution in [-0.2, 0) is 9.53 Å². The topological polar surface area (TPSA) is 79.5 Å². The van der Waals surface area contributed by atoms with Crippen LogP contribution in [0.2, 0.25) is 0 Å². The number of ether oxygens (including phenoxy) is 1. The molecule has 0 spiro atoms. The molecule has 2 aliphatic rings. The number of carbonyl (C=O) groups is 3. The molecule has 1 saturated carbocycles. The van der Waals surface area contributed by atoms with Crippen LogP contribution in [0, 0.1) is 0 Å². The summed E-state index contributed by atoms with van der Waals surface area (Å²) >= 11 is 0. The molecule has 1 amide bonds. The van der Waals surface area contributed by atoms with E-state index in [2.05, 4.69) is 11.1 Å². The van der Waals surface area contributed by atoms with Gasteiger partial charge in [0.25, 0.3) is 5.91 Å². The Morgan fingerprint density at radius 2 is 2.08 bits per heavy atom. The second kappa shape index (κ2) is 7.03. The third-order valence-electron chi connectivity index (χ3n) is 4.39. The number of nitrogens with zero attached hydrogens (tertiary/aromatic N) is 1. The second-order valence-corrected chi connectivity index (χ2v) is 6.37. The number of aromatic amines is 1. The number of nitrogens with one attached hydrogen (secondary N) is 1. The molecular weight excluding hydrogens is 308 g/mol. The molecule has 128 valence electrons. The van der Waals surface area contributed by atoms with Crippen LogP contribution in [0.4, 0.5) is 0 Å². The number of hydrogen-bond donors (Lipinski definition) is 1. The highest BCUT2D eigenvalue weighted by atomic mass is 16.5. The fraction of sp³-hybridized carbons (Fsp3) is 0.500. The Balaban J connectivity index is 1.59. The lowest BCUT2D eigenvalue weighted by molar-refractivity contribution is -0.133. The van der Waals surface area contributed by atoms with Gasteiger partial charge >= 0.3 is 5.97 Å². The Hall–Kier alpha value is -2.37. The molecule has 1 aromatic heterocycles. The summed E-state index contributed by atoms with van der Waals surface area (Å²) in [7, 11) is 0. The first-order valence-corrected chi connectivity index (χ1v) is 8.44. The van der Waals surface area contributed by atoms with Crippen molar-refractivity contribution in [3.05, 3.63) is 35.3 Å². The van der Waals surface area contributed by atoms with Gasteiger partial charge < -0.3 is 14.6 Å². The van der Waals surface area contributed by atoms with Crippen molar-refractivity contribution in [2.75, 3.05) is 6.61 Å². The summed E-state index contributed by atoms with van der Waals surface area (Å²) in [6.45, 7) is 1.15. The van der Waals surface area contributed by atoms with E-state index in [1.807, 2.05) is 4.90 Å². The van der Waals surface area contributed by atoms with E-state index in [-0.39, 0.29) is 30.0 Å². The molecule has 0 radical (unpaired) electrons. The van der Waals surface area contributed by atoms with Crippen molar-refractivity contribution < 1.29 is 19.1 Å². The molecule has 2 aliphatic carbocycles. The molecule has 0 aliphatic heterocycles. The van der Waals surface area contributed by atoms with E-state index >= 15 is 0 Å². The Kier molecular flexibility index (Phi) is 4.83. The van der Waals surface area contributed by atoms with Crippen molar-refractivity contribution in [1.82, 2.24) is 9.88 Å². The SMILES string of the molecule is CC(=O)c1c[nH]c(C(=O)OCC(=O)N(C2=CCCCC2)C2CC2)c1. The number of allylic oxidation sites excluding steroid dienone is 2. The van der Waals surface area contributed by atoms with Crippen LogP contribution in [0.25, 0.3) is 0 Å². The molecule has 0 unspecified atom stereocenters. The lowest BCUT2D eigenvalue weighted by Gasteiger charge is -2.27. The maximum absolute atomic E-state index is 12.5. The molecule has 1 N–H and O–H groups in total. The molecule has 1 fully saturated rings. The number of amides is 1. The minimum absolute atomic E-state index is 0.134. The first kappa shape index (κ1) is 16.5. The molecule has 1 heterocycles. The maximum Gasteiger partial charge on any atom is 0.355 e. The zero-order valence-electron chi connectivity index (χ0n) is 13.8. The van der Waals surface area contributed by atoms with Crippen molar-refractivity contribution in [2.45, 2.75) is 51.5 Å². The number of aromatic nitrogens is 1. The van der Waals surface area contributed by atoms with E-state index in [0.29, 0.717) is 5.56 Å². The minimum atomic E-state index is -0.621. The van der Waals surface area contributed by atoms with E-state index in [4.69, 9.17) is 4.74 Å². The van der Waals surface area contributed by atoms with Gasteiger partial charge in [-0.2, -0.15) is 0 Å². The Morgan fingerprint density at radius 1 is 1.29 bits per heavy atom. The van der Waals surface area contributed by atoms with Crippen LogP contribution in [0.5, 0.6) is 0 Å². The maximum atomic E-state index is 12.5. The highest BCUT2D eigenvalue weighted by molar-refractivity contribution is 5.97. The van der Waals surface area contributed by atoms with E-state index in [1.165, 1.54) is 19.2 Å². The molecule has 0 aromatic carbocycles. The molecule has 0 saturated heterocycles. The summed E-state index contributed by atoms with van der Waals surface area (Å²) in [5.74, 6) is -0.924. The van der Waals surface area contributed by atoms with Gasteiger partial charge in [0.1, 0.15) is 5.69 Å². The molecule has 6 nitrogen and oxygen atoms in total. The van der Waals surface area contributed by atoms with Crippen molar-refractivity contribution in [3.8, 4) is 0 Å². The molecule has 24 heavy (non-hydrogen) atoms. The lowest BCUT2D eigenvalue weighted by atomic mass is 10.0. The third-order valence-corrected chi connectivity index (χ3v) is 4.39. The van der Waals surface area contributed by atoms with E-state index < -0.39 is 5.97 Å². The van der Waals surface area contributed by atoms with Gasteiger partial charge in [0.05, 0.1) is 0 Å². The molecule has 0 atom stereocenters. The monoisotopic (exact) mass is 330 g/mol. The number of carbonyl (C=O) groups excluding carboxylic acids is 3. The van der Waals surface area contributed by atoms with Crippen LogP contribution in [-0.4, -0.2) is 40.2 Å². The number of H-pyrrole nitrogens is 1. The summed E-state index contributed by atoms with van der Waals surface area (Å²) in [4.78, 5) is 40.3. The quantitative estimate of drug-likeness (QED) is 0.642. The Labute approximate surface area is 140 Å². The van der Waals surface area contributed by atoms with Crippen LogP contribution < -0.4 is 0 Å². The average Bonchev–Trinajstić information content (AvgIpc) is 3.27. The van der Waals surface area contributed by atoms with E-state index in [0.717, 1.165) is 44.2 Å². The van der Waals surface area contributed by atoms with E-state index in [1.54, 1.807) is 0 Å². The summed E-state index contributed by atoms with van der Waals surface area (Å²) < 4.78 is 5.13. The zero-order chi connectivity index (χ0) is 17.1. The summed E-state index contributed by atoms with van der Waals surface area (Å²) in [5, 5.41) is 0. The number of rotatable bonds is 6. The number of ketones is 1. The van der Waals surface area contributed by atoms with Gasteiger partial charge in [0.2, 0.25) is 0 Å². The van der Waals surface area contributed by atoms with Crippen LogP contribution in [0.3, 0.4) is 0 Å². The van der Waals surface area contributed by atoms with Crippen molar-refractivity contribution in [3.63, 3.8) is 0 Å². The van der Waals surface area contributed by atoms with Gasteiger partial charge in [0.15, 0.2) is 12.4 Å². The summed E-state index contributed by atoms with van der Waals surface area (Å²) in [6, 6.07) is 1.70. The number of hydrogen-bond acceptors (Lipinski definition) is 4. The zero-order valence-corrected chi connectivity index (χ0v) is 13.8. The van der Waals surface area contributed by atoms with Gasteiger partial charge in [-0.25, -0.2) is 4.79 Å². The highest BCUT2D eigenvalue weighted by Crippen LogP contribution is 2.33. The van der Waals surface area contributed by atoms with Gasteiger partial charge in [-0.3, -0.25) is 9.59 Å². The summed E-state index contributed by atoms with van der Waals surface area (Å²) in [6.07, 6.45) is 9.78. The molecular formula is C18H22N2O4. The fourth-order valence-corrected chi connectivity index (χ4v) is 2.96. The van der Waals surface area contributed by atoms with Crippen LogP contribution >= 0.6 is 0 Å². The predicted octanol–water partition coefficient (Wildman–Crippen LogP) is 2.82. The Bertz CT molecular complexity index is 685.